The number of amides is 2. The predicted molar refractivity (Wildman–Crippen MR) is 65.3 cm³/mol. The Balaban J connectivity index is 2.38. The fourth-order valence-corrected chi connectivity index (χ4v) is 1.66. The van der Waals surface area contributed by atoms with Crippen LogP contribution in [0.2, 0.25) is 0 Å². The van der Waals surface area contributed by atoms with Gasteiger partial charge in [0.2, 0.25) is 0 Å². The van der Waals surface area contributed by atoms with Gasteiger partial charge in [0.05, 0.1) is 13.2 Å². The summed E-state index contributed by atoms with van der Waals surface area (Å²) in [6, 6.07) is -0.222. The predicted octanol–water partition coefficient (Wildman–Crippen LogP) is 0.233. The van der Waals surface area contributed by atoms with E-state index in [1.807, 2.05) is 13.2 Å². The topological polar surface area (TPSA) is 78.9 Å². The Hall–Kier alpha value is -0.950. The maximum Gasteiger partial charge on any atom is 0.334 e. The van der Waals surface area contributed by atoms with Gasteiger partial charge in [-0.25, -0.2) is 9.59 Å². The summed E-state index contributed by atoms with van der Waals surface area (Å²) in [5.74, 6) is -1.03. The first kappa shape index (κ1) is 14.1. The van der Waals surface area contributed by atoms with Gasteiger partial charge in [-0.15, -0.1) is 0 Å². The molecule has 0 aromatic carbocycles. The van der Waals surface area contributed by atoms with Crippen molar-refractivity contribution >= 4 is 23.8 Å². The molecule has 0 bridgehead atoms. The summed E-state index contributed by atoms with van der Waals surface area (Å²) in [7, 11) is 0. The first-order valence-corrected chi connectivity index (χ1v) is 6.73. The Morgan fingerprint density at radius 1 is 1.65 bits per heavy atom. The fraction of sp³-hybridized carbons (Fsp3) is 0.800. The number of morpholine rings is 1. The van der Waals surface area contributed by atoms with Crippen molar-refractivity contribution in [2.24, 2.45) is 0 Å². The molecule has 0 radical (unpaired) electrons. The Morgan fingerprint density at radius 2 is 2.35 bits per heavy atom. The average Bonchev–Trinajstić information content (AvgIpc) is 2.35. The molecule has 0 aromatic heterocycles. The maximum absolute atomic E-state index is 11.7. The molecular weight excluding hydrogens is 244 g/mol. The molecule has 1 fully saturated rings. The molecule has 0 saturated carbocycles. The lowest BCUT2D eigenvalue weighted by atomic mass is 10.3. The third-order valence-electron chi connectivity index (χ3n) is 2.57. The van der Waals surface area contributed by atoms with Crippen LogP contribution in [0, 0.1) is 0 Å². The van der Waals surface area contributed by atoms with E-state index in [0.717, 1.165) is 0 Å². The molecule has 98 valence electrons. The van der Waals surface area contributed by atoms with Gasteiger partial charge in [-0.05, 0) is 6.26 Å². The SMILES string of the molecule is CSC(C)CNC(=O)N1CCOC(C(=O)O)C1. The lowest BCUT2D eigenvalue weighted by molar-refractivity contribution is -0.154. The minimum absolute atomic E-state index is 0.106. The molecule has 6 nitrogen and oxygen atoms in total. The van der Waals surface area contributed by atoms with E-state index >= 15 is 0 Å². The molecule has 1 heterocycles. The zero-order valence-electron chi connectivity index (χ0n) is 10.0. The summed E-state index contributed by atoms with van der Waals surface area (Å²) in [4.78, 5) is 24.0. The molecule has 2 atom stereocenters. The normalized spacial score (nSPS) is 22.0. The summed E-state index contributed by atoms with van der Waals surface area (Å²) in [5, 5.41) is 11.9. The van der Waals surface area contributed by atoms with Crippen LogP contribution >= 0.6 is 11.8 Å². The maximum atomic E-state index is 11.7. The molecule has 0 aliphatic carbocycles. The Morgan fingerprint density at radius 3 is 2.94 bits per heavy atom. The molecule has 2 amide bonds. The van der Waals surface area contributed by atoms with Crippen molar-refractivity contribution in [3.05, 3.63) is 0 Å². The second kappa shape index (κ2) is 6.70. The van der Waals surface area contributed by atoms with Crippen LogP contribution in [0.3, 0.4) is 0 Å². The third kappa shape index (κ3) is 4.43. The van der Waals surface area contributed by atoms with E-state index in [-0.39, 0.29) is 19.2 Å². The largest absolute Gasteiger partial charge is 0.479 e. The molecule has 0 aromatic rings. The summed E-state index contributed by atoms with van der Waals surface area (Å²) in [5.41, 5.74) is 0. The highest BCUT2D eigenvalue weighted by molar-refractivity contribution is 7.99. The monoisotopic (exact) mass is 262 g/mol. The summed E-state index contributed by atoms with van der Waals surface area (Å²) >= 11 is 1.67. The second-order valence-electron chi connectivity index (χ2n) is 3.88. The van der Waals surface area contributed by atoms with E-state index in [0.29, 0.717) is 18.3 Å². The highest BCUT2D eigenvalue weighted by Gasteiger charge is 2.28. The van der Waals surface area contributed by atoms with Gasteiger partial charge in [0.15, 0.2) is 6.10 Å². The van der Waals surface area contributed by atoms with Crippen LogP contribution < -0.4 is 5.32 Å². The minimum atomic E-state index is -1.03. The van der Waals surface area contributed by atoms with Crippen LogP contribution in [-0.4, -0.2) is 65.9 Å². The number of nitrogens with zero attached hydrogens (tertiary/aromatic N) is 1. The second-order valence-corrected chi connectivity index (χ2v) is 5.15. The number of thioether (sulfide) groups is 1. The van der Waals surface area contributed by atoms with E-state index in [9.17, 15) is 9.59 Å². The highest BCUT2D eigenvalue weighted by Crippen LogP contribution is 2.07. The molecule has 7 heteroatoms. The van der Waals surface area contributed by atoms with Crippen molar-refractivity contribution in [1.29, 1.82) is 0 Å². The average molecular weight is 262 g/mol. The first-order valence-electron chi connectivity index (χ1n) is 5.44. The standard InChI is InChI=1S/C10H18N2O4S/c1-7(17-2)5-11-10(15)12-3-4-16-8(6-12)9(13)14/h7-8H,3-6H2,1-2H3,(H,11,15)(H,13,14). The van der Waals surface area contributed by atoms with E-state index in [1.54, 1.807) is 11.8 Å². The number of urea groups is 1. The number of ether oxygens (including phenoxy) is 1. The van der Waals surface area contributed by atoms with E-state index in [2.05, 4.69) is 5.32 Å². The van der Waals surface area contributed by atoms with Crippen molar-refractivity contribution < 1.29 is 19.4 Å². The Labute approximate surface area is 105 Å². The number of carbonyl (C=O) groups excluding carboxylic acids is 1. The zero-order valence-corrected chi connectivity index (χ0v) is 10.8. The smallest absolute Gasteiger partial charge is 0.334 e. The van der Waals surface area contributed by atoms with Gasteiger partial charge in [-0.2, -0.15) is 11.8 Å². The fourth-order valence-electron chi connectivity index (χ4n) is 1.41. The molecule has 1 aliphatic rings. The van der Waals surface area contributed by atoms with Crippen LogP contribution in [0.25, 0.3) is 0 Å². The summed E-state index contributed by atoms with van der Waals surface area (Å²) in [6.07, 6.45) is 1.07. The first-order chi connectivity index (χ1) is 8.04. The number of aliphatic carboxylic acids is 1. The van der Waals surface area contributed by atoms with Gasteiger partial charge < -0.3 is 20.1 Å². The Bertz CT molecular complexity index is 287. The summed E-state index contributed by atoms with van der Waals surface area (Å²) in [6.45, 7) is 3.40. The number of carboxylic acids is 1. The molecule has 1 aliphatic heterocycles. The molecule has 1 saturated heterocycles. The number of hydrogen-bond acceptors (Lipinski definition) is 4. The number of hydrogen-bond donors (Lipinski definition) is 2. The highest BCUT2D eigenvalue weighted by atomic mass is 32.2. The summed E-state index contributed by atoms with van der Waals surface area (Å²) < 4.78 is 5.04. The number of carbonyl (C=O) groups is 2. The van der Waals surface area contributed by atoms with Crippen LogP contribution in [0.15, 0.2) is 0 Å². The number of carboxylic acid groups (broad SMARTS) is 1. The van der Waals surface area contributed by atoms with Crippen molar-refractivity contribution in [1.82, 2.24) is 10.2 Å². The van der Waals surface area contributed by atoms with Crippen LogP contribution in [0.4, 0.5) is 4.79 Å². The molecule has 0 spiro atoms. The van der Waals surface area contributed by atoms with Gasteiger partial charge in [0, 0.05) is 18.3 Å². The number of rotatable bonds is 4. The zero-order chi connectivity index (χ0) is 12.8. The number of nitrogens with one attached hydrogen (secondary N) is 1. The van der Waals surface area contributed by atoms with E-state index in [4.69, 9.17) is 9.84 Å². The lowest BCUT2D eigenvalue weighted by Crippen LogP contribution is -2.52. The molecule has 1 rings (SSSR count). The molecule has 2 unspecified atom stereocenters. The molecule has 2 N–H and O–H groups in total. The van der Waals surface area contributed by atoms with Gasteiger partial charge in [-0.1, -0.05) is 6.92 Å². The molecular formula is C10H18N2O4S. The van der Waals surface area contributed by atoms with Crippen molar-refractivity contribution in [2.45, 2.75) is 18.3 Å². The van der Waals surface area contributed by atoms with Crippen LogP contribution in [0.5, 0.6) is 0 Å². The lowest BCUT2D eigenvalue weighted by Gasteiger charge is -2.31. The van der Waals surface area contributed by atoms with Crippen molar-refractivity contribution in [2.75, 3.05) is 32.5 Å². The molecule has 17 heavy (non-hydrogen) atoms. The van der Waals surface area contributed by atoms with Gasteiger partial charge in [0.25, 0.3) is 0 Å². The third-order valence-corrected chi connectivity index (χ3v) is 3.54. The van der Waals surface area contributed by atoms with Gasteiger partial charge in [-0.3, -0.25) is 0 Å². The van der Waals surface area contributed by atoms with Crippen molar-refractivity contribution in [3.8, 4) is 0 Å². The van der Waals surface area contributed by atoms with Crippen LogP contribution in [-0.2, 0) is 9.53 Å². The van der Waals surface area contributed by atoms with E-state index < -0.39 is 12.1 Å². The minimum Gasteiger partial charge on any atom is -0.479 e. The quantitative estimate of drug-likeness (QED) is 0.758. The van der Waals surface area contributed by atoms with E-state index in [1.165, 1.54) is 4.90 Å². The Kier molecular flexibility index (Phi) is 5.57. The van der Waals surface area contributed by atoms with Crippen molar-refractivity contribution in [3.63, 3.8) is 0 Å². The van der Waals surface area contributed by atoms with Gasteiger partial charge >= 0.3 is 12.0 Å². The van der Waals surface area contributed by atoms with Crippen LogP contribution in [0.1, 0.15) is 6.92 Å². The van der Waals surface area contributed by atoms with Gasteiger partial charge in [0.1, 0.15) is 0 Å².